The first-order chi connectivity index (χ1) is 8.38. The summed E-state index contributed by atoms with van der Waals surface area (Å²) in [5.41, 5.74) is 1.15. The monoisotopic (exact) mass is 268 g/mol. The van der Waals surface area contributed by atoms with Crippen LogP contribution in [-0.4, -0.2) is 16.6 Å². The summed E-state index contributed by atoms with van der Waals surface area (Å²) in [5.74, 6) is 0.858. The molecule has 0 aliphatic heterocycles. The van der Waals surface area contributed by atoms with Crippen molar-refractivity contribution in [3.63, 3.8) is 0 Å². The maximum absolute atomic E-state index is 5.75. The van der Waals surface area contributed by atoms with E-state index in [9.17, 15) is 0 Å². The normalized spacial score (nSPS) is 13.6. The van der Waals surface area contributed by atoms with Gasteiger partial charge in [0.15, 0.2) is 0 Å². The molecule has 0 amide bonds. The van der Waals surface area contributed by atoms with Crippen LogP contribution in [0, 0.1) is 4.64 Å². The molecule has 1 aromatic heterocycles. The van der Waals surface area contributed by atoms with Gasteiger partial charge in [-0.05, 0) is 19.4 Å². The minimum absolute atomic E-state index is 0.0176. The van der Waals surface area contributed by atoms with Gasteiger partial charge >= 0.3 is 0 Å². The maximum Gasteiger partial charge on any atom is 0.137 e. The van der Waals surface area contributed by atoms with Crippen LogP contribution in [0.15, 0.2) is 6.07 Å². The van der Waals surface area contributed by atoms with Gasteiger partial charge in [-0.3, -0.25) is 0 Å². The molecule has 1 aromatic rings. The highest BCUT2D eigenvalue weighted by Gasteiger charge is 2.19. The minimum atomic E-state index is 0.0176. The lowest BCUT2D eigenvalue weighted by molar-refractivity contribution is 0.0490. The van der Waals surface area contributed by atoms with Gasteiger partial charge in [-0.25, -0.2) is 4.98 Å². The van der Waals surface area contributed by atoms with Crippen molar-refractivity contribution in [2.24, 2.45) is 0 Å². The molecule has 0 spiro atoms. The highest BCUT2D eigenvalue weighted by molar-refractivity contribution is 7.71. The summed E-state index contributed by atoms with van der Waals surface area (Å²) in [7, 11) is 0. The Morgan fingerprint density at radius 2 is 2.06 bits per heavy atom. The number of aromatic nitrogens is 2. The lowest BCUT2D eigenvalue weighted by atomic mass is 9.92. The molecule has 1 N–H and O–H groups in total. The molecular weight excluding hydrogens is 244 g/mol. The van der Waals surface area contributed by atoms with Gasteiger partial charge in [0.05, 0.1) is 0 Å². The average Bonchev–Trinajstić information content (AvgIpc) is 2.27. The highest BCUT2D eigenvalue weighted by Crippen LogP contribution is 2.24. The second-order valence-corrected chi connectivity index (χ2v) is 5.92. The van der Waals surface area contributed by atoms with Crippen molar-refractivity contribution >= 4 is 12.2 Å². The van der Waals surface area contributed by atoms with Crippen LogP contribution in [-0.2, 0) is 10.2 Å². The van der Waals surface area contributed by atoms with Gasteiger partial charge in [0.1, 0.15) is 16.6 Å². The van der Waals surface area contributed by atoms with E-state index in [-0.39, 0.29) is 11.5 Å². The molecule has 1 heterocycles. The first kappa shape index (κ1) is 15.3. The fourth-order valence-corrected chi connectivity index (χ4v) is 2.01. The van der Waals surface area contributed by atoms with E-state index >= 15 is 0 Å². The Morgan fingerprint density at radius 1 is 1.39 bits per heavy atom. The molecule has 1 rings (SSSR count). The smallest absolute Gasteiger partial charge is 0.137 e. The number of H-pyrrole nitrogens is 1. The SMILES string of the molecule is CCCC(OCC)c1nc(=S)cc(C(C)(C)C)[nH]1. The van der Waals surface area contributed by atoms with E-state index in [1.165, 1.54) is 0 Å². The standard InChI is InChI=1S/C14H24N2OS/c1-6-8-10(17-7-2)13-15-11(14(3,4)5)9-12(18)16-13/h9-10H,6-8H2,1-5H3,(H,15,16,18). The Hall–Kier alpha value is -0.740. The zero-order valence-electron chi connectivity index (χ0n) is 12.0. The van der Waals surface area contributed by atoms with Crippen molar-refractivity contribution in [2.75, 3.05) is 6.61 Å². The fourth-order valence-electron chi connectivity index (χ4n) is 1.80. The van der Waals surface area contributed by atoms with E-state index in [4.69, 9.17) is 17.0 Å². The molecule has 0 bridgehead atoms. The molecule has 4 heteroatoms. The van der Waals surface area contributed by atoms with Gasteiger partial charge in [0.2, 0.25) is 0 Å². The number of hydrogen-bond donors (Lipinski definition) is 1. The second kappa shape index (κ2) is 6.43. The lowest BCUT2D eigenvalue weighted by Crippen LogP contribution is -2.17. The molecule has 1 unspecified atom stereocenters. The van der Waals surface area contributed by atoms with Gasteiger partial charge in [0, 0.05) is 17.7 Å². The third kappa shape index (κ3) is 4.18. The molecular formula is C14H24N2OS. The van der Waals surface area contributed by atoms with Crippen LogP contribution >= 0.6 is 12.2 Å². The maximum atomic E-state index is 5.75. The predicted octanol–water partition coefficient (Wildman–Crippen LogP) is 4.31. The molecule has 0 aliphatic carbocycles. The molecule has 0 aliphatic rings. The van der Waals surface area contributed by atoms with Crippen LogP contribution in [0.4, 0.5) is 0 Å². The van der Waals surface area contributed by atoms with E-state index < -0.39 is 0 Å². The Labute approximate surface area is 115 Å². The van der Waals surface area contributed by atoms with Crippen LogP contribution < -0.4 is 0 Å². The topological polar surface area (TPSA) is 37.9 Å². The van der Waals surface area contributed by atoms with Crippen molar-refractivity contribution in [3.8, 4) is 0 Å². The molecule has 0 fully saturated rings. The van der Waals surface area contributed by atoms with E-state index in [2.05, 4.69) is 37.7 Å². The van der Waals surface area contributed by atoms with E-state index in [1.54, 1.807) is 0 Å². The van der Waals surface area contributed by atoms with Gasteiger partial charge in [-0.2, -0.15) is 0 Å². The van der Waals surface area contributed by atoms with Crippen LogP contribution in [0.5, 0.6) is 0 Å². The Morgan fingerprint density at radius 3 is 2.56 bits per heavy atom. The number of rotatable bonds is 5. The number of ether oxygens (including phenoxy) is 1. The fraction of sp³-hybridized carbons (Fsp3) is 0.714. The summed E-state index contributed by atoms with van der Waals surface area (Å²) in [6, 6.07) is 1.94. The second-order valence-electron chi connectivity index (χ2n) is 5.50. The molecule has 102 valence electrons. The Kier molecular flexibility index (Phi) is 5.47. The first-order valence-electron chi connectivity index (χ1n) is 6.61. The minimum Gasteiger partial charge on any atom is -0.371 e. The Balaban J connectivity index is 3.14. The summed E-state index contributed by atoms with van der Waals surface area (Å²) < 4.78 is 6.38. The largest absolute Gasteiger partial charge is 0.371 e. The van der Waals surface area contributed by atoms with Crippen molar-refractivity contribution in [2.45, 2.75) is 59.0 Å². The molecule has 0 aromatic carbocycles. The van der Waals surface area contributed by atoms with Crippen molar-refractivity contribution in [1.82, 2.24) is 9.97 Å². The van der Waals surface area contributed by atoms with Gasteiger partial charge in [-0.15, -0.1) is 0 Å². The van der Waals surface area contributed by atoms with Gasteiger partial charge in [-0.1, -0.05) is 46.3 Å². The number of hydrogen-bond acceptors (Lipinski definition) is 3. The molecule has 0 saturated heterocycles. The summed E-state index contributed by atoms with van der Waals surface area (Å²) in [4.78, 5) is 7.81. The number of aromatic amines is 1. The summed E-state index contributed by atoms with van der Waals surface area (Å²) in [6.07, 6.45) is 2.04. The van der Waals surface area contributed by atoms with E-state index in [0.717, 1.165) is 24.4 Å². The zero-order chi connectivity index (χ0) is 13.8. The van der Waals surface area contributed by atoms with Crippen LogP contribution in [0.25, 0.3) is 0 Å². The van der Waals surface area contributed by atoms with Crippen LogP contribution in [0.3, 0.4) is 0 Å². The third-order valence-electron chi connectivity index (χ3n) is 2.79. The quantitative estimate of drug-likeness (QED) is 0.808. The zero-order valence-corrected chi connectivity index (χ0v) is 12.9. The number of nitrogens with zero attached hydrogens (tertiary/aromatic N) is 1. The summed E-state index contributed by atoms with van der Waals surface area (Å²) >= 11 is 5.26. The van der Waals surface area contributed by atoms with Gasteiger partial charge in [0.25, 0.3) is 0 Å². The van der Waals surface area contributed by atoms with Crippen molar-refractivity contribution in [3.05, 3.63) is 22.2 Å². The molecule has 0 saturated carbocycles. The summed E-state index contributed by atoms with van der Waals surface area (Å²) in [6.45, 7) is 11.3. The lowest BCUT2D eigenvalue weighted by Gasteiger charge is -2.22. The summed E-state index contributed by atoms with van der Waals surface area (Å²) in [5, 5.41) is 0. The third-order valence-corrected chi connectivity index (χ3v) is 3.00. The van der Waals surface area contributed by atoms with E-state index in [1.807, 2.05) is 13.0 Å². The highest BCUT2D eigenvalue weighted by atomic mass is 32.1. The molecule has 1 atom stereocenters. The van der Waals surface area contributed by atoms with Crippen molar-refractivity contribution in [1.29, 1.82) is 0 Å². The number of nitrogens with one attached hydrogen (secondary N) is 1. The average molecular weight is 268 g/mol. The molecule has 0 radical (unpaired) electrons. The molecule has 18 heavy (non-hydrogen) atoms. The first-order valence-corrected chi connectivity index (χ1v) is 7.02. The van der Waals surface area contributed by atoms with Crippen molar-refractivity contribution < 1.29 is 4.74 Å². The van der Waals surface area contributed by atoms with Crippen LogP contribution in [0.1, 0.15) is 65.1 Å². The molecule has 3 nitrogen and oxygen atoms in total. The van der Waals surface area contributed by atoms with Gasteiger partial charge < -0.3 is 9.72 Å². The van der Waals surface area contributed by atoms with E-state index in [0.29, 0.717) is 11.2 Å². The Bertz CT molecular complexity index is 428. The van der Waals surface area contributed by atoms with Crippen LogP contribution in [0.2, 0.25) is 0 Å². The predicted molar refractivity (Wildman–Crippen MR) is 77.4 cm³/mol.